The molecule has 0 atom stereocenters. The van der Waals surface area contributed by atoms with Crippen molar-refractivity contribution in [3.05, 3.63) is 124 Å². The van der Waals surface area contributed by atoms with Gasteiger partial charge in [0.15, 0.2) is 0 Å². The Balaban J connectivity index is 1.69. The fourth-order valence-electron chi connectivity index (χ4n) is 5.18. The molecule has 0 unspecified atom stereocenters. The van der Waals surface area contributed by atoms with Crippen molar-refractivity contribution in [2.45, 2.75) is 13.8 Å². The summed E-state index contributed by atoms with van der Waals surface area (Å²) in [4.78, 5) is 0. The first kappa shape index (κ1) is 21.2. The van der Waals surface area contributed by atoms with Gasteiger partial charge in [0.2, 0.25) is 0 Å². The van der Waals surface area contributed by atoms with E-state index in [2.05, 4.69) is 150 Å². The minimum atomic E-state index is 1.22. The molecule has 6 rings (SSSR count). The van der Waals surface area contributed by atoms with Gasteiger partial charge in [-0.25, -0.2) is 0 Å². The molecule has 0 aliphatic carbocycles. The number of rotatable bonds is 3. The number of nitrogens with zero attached hydrogens (tertiary/aromatic N) is 1. The number of halogens is 1. The highest BCUT2D eigenvalue weighted by Gasteiger charge is 2.20. The first-order valence-electron chi connectivity index (χ1n) is 11.6. The smallest absolute Gasteiger partial charge is 0.0602 e. The van der Waals surface area contributed by atoms with Gasteiger partial charge in [0.05, 0.1) is 16.7 Å². The lowest BCUT2D eigenvalue weighted by molar-refractivity contribution is 1.16. The quantitative estimate of drug-likeness (QED) is 0.194. The Morgan fingerprint density at radius 3 is 1.79 bits per heavy atom. The molecule has 0 aliphatic rings. The van der Waals surface area contributed by atoms with E-state index in [1.54, 1.807) is 0 Å². The lowest BCUT2D eigenvalue weighted by atomic mass is 9.88. The van der Waals surface area contributed by atoms with Crippen LogP contribution in [0.4, 0.5) is 0 Å². The minimum absolute atomic E-state index is 1.22. The number of para-hydroxylation sites is 2. The zero-order valence-corrected chi connectivity index (χ0v) is 21.4. The highest BCUT2D eigenvalue weighted by atomic mass is 127. The molecule has 34 heavy (non-hydrogen) atoms. The first-order chi connectivity index (χ1) is 16.6. The Labute approximate surface area is 213 Å². The maximum Gasteiger partial charge on any atom is 0.0602 e. The van der Waals surface area contributed by atoms with Crippen LogP contribution in [0.5, 0.6) is 0 Å². The van der Waals surface area contributed by atoms with E-state index in [9.17, 15) is 0 Å². The van der Waals surface area contributed by atoms with Crippen LogP contribution in [0.3, 0.4) is 0 Å². The van der Waals surface area contributed by atoms with E-state index in [1.165, 1.54) is 64.4 Å². The molecule has 0 radical (unpaired) electrons. The molecule has 5 aromatic carbocycles. The minimum Gasteiger partial charge on any atom is -0.308 e. The van der Waals surface area contributed by atoms with Crippen molar-refractivity contribution in [2.24, 2.45) is 0 Å². The van der Waals surface area contributed by atoms with Crippen LogP contribution in [-0.4, -0.2) is 4.57 Å². The molecule has 0 fully saturated rings. The van der Waals surface area contributed by atoms with Crippen molar-refractivity contribution in [3.8, 4) is 27.9 Å². The second kappa shape index (κ2) is 8.44. The van der Waals surface area contributed by atoms with Gasteiger partial charge in [-0.05, 0) is 82.5 Å². The molecule has 1 heterocycles. The van der Waals surface area contributed by atoms with Gasteiger partial charge in [0.25, 0.3) is 0 Å². The summed E-state index contributed by atoms with van der Waals surface area (Å²) in [6.07, 6.45) is 0. The topological polar surface area (TPSA) is 4.93 Å². The normalized spacial score (nSPS) is 11.4. The second-order valence-electron chi connectivity index (χ2n) is 8.82. The van der Waals surface area contributed by atoms with Gasteiger partial charge in [0, 0.05) is 19.9 Å². The summed E-state index contributed by atoms with van der Waals surface area (Å²) < 4.78 is 3.70. The van der Waals surface area contributed by atoms with Gasteiger partial charge in [-0.15, -0.1) is 0 Å². The first-order valence-corrected chi connectivity index (χ1v) is 12.7. The molecule has 0 N–H and O–H groups in total. The van der Waals surface area contributed by atoms with Crippen LogP contribution < -0.4 is 0 Å². The maximum atomic E-state index is 2.57. The Kier molecular flexibility index (Phi) is 5.26. The molecular weight excluding hydrogens is 525 g/mol. The van der Waals surface area contributed by atoms with Crippen LogP contribution in [-0.2, 0) is 0 Å². The number of aryl methyl sites for hydroxylation is 2. The number of benzene rings is 5. The van der Waals surface area contributed by atoms with Gasteiger partial charge in [-0.1, -0.05) is 91.0 Å². The highest BCUT2D eigenvalue weighted by molar-refractivity contribution is 14.1. The predicted molar refractivity (Wildman–Crippen MR) is 154 cm³/mol. The SMILES string of the molecule is Cc1cccc(-c2ccccc2)c1-c1c(C)ccc(-n2c3ccccc3c3ccccc32)c1I. The molecule has 0 bridgehead atoms. The lowest BCUT2D eigenvalue weighted by Crippen LogP contribution is -2.02. The number of aromatic nitrogens is 1. The van der Waals surface area contributed by atoms with Crippen molar-refractivity contribution >= 4 is 44.4 Å². The Bertz CT molecular complexity index is 1620. The average molecular weight is 549 g/mol. The number of hydrogen-bond acceptors (Lipinski definition) is 0. The standard InChI is InChI=1S/C32H24IN/c1-21-11-10-16-24(23-12-4-3-5-13-23)30(21)31-22(2)19-20-29(32(31)33)34-27-17-8-6-14-25(27)26-15-7-9-18-28(26)34/h3-20H,1-2H3. The molecular formula is C32H24IN. The maximum absolute atomic E-state index is 2.57. The van der Waals surface area contributed by atoms with Gasteiger partial charge in [-0.3, -0.25) is 0 Å². The van der Waals surface area contributed by atoms with Crippen molar-refractivity contribution in [2.75, 3.05) is 0 Å². The summed E-state index contributed by atoms with van der Waals surface area (Å²) >= 11 is 2.57. The summed E-state index contributed by atoms with van der Waals surface area (Å²) in [6, 6.07) is 39.4. The summed E-state index contributed by atoms with van der Waals surface area (Å²) in [5.74, 6) is 0. The monoisotopic (exact) mass is 549 g/mol. The van der Waals surface area contributed by atoms with Gasteiger partial charge in [0.1, 0.15) is 0 Å². The largest absolute Gasteiger partial charge is 0.308 e. The third-order valence-corrected chi connectivity index (χ3v) is 7.85. The summed E-state index contributed by atoms with van der Waals surface area (Å²) in [6.45, 7) is 4.46. The van der Waals surface area contributed by atoms with Crippen LogP contribution in [0.25, 0.3) is 49.7 Å². The Morgan fingerprint density at radius 2 is 1.12 bits per heavy atom. The second-order valence-corrected chi connectivity index (χ2v) is 9.90. The van der Waals surface area contributed by atoms with Gasteiger partial charge >= 0.3 is 0 Å². The van der Waals surface area contributed by atoms with Crippen LogP contribution >= 0.6 is 22.6 Å². The molecule has 0 aliphatic heterocycles. The average Bonchev–Trinajstić information content (AvgIpc) is 3.20. The van der Waals surface area contributed by atoms with Gasteiger partial charge < -0.3 is 4.57 Å². The van der Waals surface area contributed by atoms with Crippen LogP contribution in [0.1, 0.15) is 11.1 Å². The molecule has 1 aromatic heterocycles. The summed E-state index contributed by atoms with van der Waals surface area (Å²) in [7, 11) is 0. The molecule has 1 nitrogen and oxygen atoms in total. The van der Waals surface area contributed by atoms with E-state index in [0.717, 1.165) is 0 Å². The van der Waals surface area contributed by atoms with Gasteiger partial charge in [-0.2, -0.15) is 0 Å². The highest BCUT2D eigenvalue weighted by Crippen LogP contribution is 2.42. The van der Waals surface area contributed by atoms with Crippen LogP contribution in [0.15, 0.2) is 109 Å². The molecule has 6 aromatic rings. The van der Waals surface area contributed by atoms with E-state index >= 15 is 0 Å². The van der Waals surface area contributed by atoms with Crippen LogP contribution in [0, 0.1) is 17.4 Å². The zero-order chi connectivity index (χ0) is 23.2. The third-order valence-electron chi connectivity index (χ3n) is 6.76. The van der Waals surface area contributed by atoms with E-state index < -0.39 is 0 Å². The third kappa shape index (κ3) is 3.28. The molecule has 0 saturated heterocycles. The predicted octanol–water partition coefficient (Wildman–Crippen LogP) is 9.34. The van der Waals surface area contributed by atoms with Crippen molar-refractivity contribution in [1.29, 1.82) is 0 Å². The fourth-order valence-corrected chi connectivity index (χ4v) is 6.30. The zero-order valence-electron chi connectivity index (χ0n) is 19.2. The Morgan fingerprint density at radius 1 is 0.529 bits per heavy atom. The van der Waals surface area contributed by atoms with Crippen molar-refractivity contribution in [3.63, 3.8) is 0 Å². The molecule has 0 saturated carbocycles. The number of hydrogen-bond donors (Lipinski definition) is 0. The van der Waals surface area contributed by atoms with Crippen molar-refractivity contribution < 1.29 is 0 Å². The van der Waals surface area contributed by atoms with Crippen molar-refractivity contribution in [1.82, 2.24) is 4.57 Å². The van der Waals surface area contributed by atoms with E-state index in [1.807, 2.05) is 0 Å². The van der Waals surface area contributed by atoms with E-state index in [0.29, 0.717) is 0 Å². The number of fused-ring (bicyclic) bond motifs is 3. The summed E-state index contributed by atoms with van der Waals surface area (Å²) in [5.41, 5.74) is 11.5. The fraction of sp³-hybridized carbons (Fsp3) is 0.0625. The van der Waals surface area contributed by atoms with E-state index in [4.69, 9.17) is 0 Å². The molecule has 2 heteroatoms. The van der Waals surface area contributed by atoms with E-state index in [-0.39, 0.29) is 0 Å². The van der Waals surface area contributed by atoms with Crippen LogP contribution in [0.2, 0.25) is 0 Å². The molecule has 0 spiro atoms. The molecule has 0 amide bonds. The Hall–Kier alpha value is -3.37. The lowest BCUT2D eigenvalue weighted by Gasteiger charge is -2.20. The summed E-state index contributed by atoms with van der Waals surface area (Å²) in [5, 5.41) is 2.58. The molecule has 164 valence electrons.